The van der Waals surface area contributed by atoms with Gasteiger partial charge in [-0.05, 0) is 37.5 Å². The van der Waals surface area contributed by atoms with Crippen molar-refractivity contribution in [1.82, 2.24) is 0 Å². The van der Waals surface area contributed by atoms with Crippen molar-refractivity contribution < 1.29 is 9.90 Å². The van der Waals surface area contributed by atoms with Gasteiger partial charge in [-0.25, -0.2) is 9.90 Å². The van der Waals surface area contributed by atoms with E-state index in [1.807, 2.05) is 32.9 Å². The van der Waals surface area contributed by atoms with Crippen LogP contribution in [0, 0.1) is 20.8 Å². The molecule has 0 fully saturated rings. The molecule has 0 saturated heterocycles. The molecule has 0 atom stereocenters. The summed E-state index contributed by atoms with van der Waals surface area (Å²) in [6.45, 7) is 5.86. The molecule has 0 aliphatic rings. The predicted molar refractivity (Wildman–Crippen MR) is 50.1 cm³/mol. The summed E-state index contributed by atoms with van der Waals surface area (Å²) in [4.78, 5) is 10.4. The van der Waals surface area contributed by atoms with Crippen LogP contribution in [0.2, 0.25) is 0 Å². The number of rotatable bonds is 2. The Morgan fingerprint density at radius 3 is 2.00 bits per heavy atom. The van der Waals surface area contributed by atoms with Crippen molar-refractivity contribution in [3.05, 3.63) is 34.4 Å². The van der Waals surface area contributed by atoms with Gasteiger partial charge in [0.1, 0.15) is 0 Å². The molecule has 0 spiro atoms. The first-order valence-corrected chi connectivity index (χ1v) is 4.27. The van der Waals surface area contributed by atoms with Gasteiger partial charge < -0.3 is 0 Å². The highest BCUT2D eigenvalue weighted by atomic mass is 16.4. The van der Waals surface area contributed by atoms with E-state index in [1.165, 1.54) is 0 Å². The van der Waals surface area contributed by atoms with Gasteiger partial charge in [0.15, 0.2) is 0 Å². The molecule has 1 aromatic carbocycles. The molecule has 0 N–H and O–H groups in total. The van der Waals surface area contributed by atoms with E-state index >= 15 is 0 Å². The van der Waals surface area contributed by atoms with Crippen molar-refractivity contribution in [3.63, 3.8) is 0 Å². The molecular formula is C11H13O2. The maximum Gasteiger partial charge on any atom is 0.359 e. The monoisotopic (exact) mass is 177 g/mol. The van der Waals surface area contributed by atoms with Crippen LogP contribution in [0.1, 0.15) is 22.3 Å². The first-order valence-electron chi connectivity index (χ1n) is 4.27. The van der Waals surface area contributed by atoms with Gasteiger partial charge >= 0.3 is 5.97 Å². The minimum atomic E-state index is -1.02. The van der Waals surface area contributed by atoms with Gasteiger partial charge in [0.05, 0.1) is 6.42 Å². The highest BCUT2D eigenvalue weighted by Crippen LogP contribution is 2.16. The fraction of sp³-hybridized carbons (Fsp3) is 0.364. The summed E-state index contributed by atoms with van der Waals surface area (Å²) in [7, 11) is 0. The summed E-state index contributed by atoms with van der Waals surface area (Å²) < 4.78 is 0. The van der Waals surface area contributed by atoms with Crippen molar-refractivity contribution in [3.8, 4) is 0 Å². The fourth-order valence-electron chi connectivity index (χ4n) is 1.63. The number of benzene rings is 1. The van der Waals surface area contributed by atoms with Gasteiger partial charge in [0.25, 0.3) is 0 Å². The van der Waals surface area contributed by atoms with E-state index in [4.69, 9.17) is 0 Å². The minimum Gasteiger partial charge on any atom is -0.247 e. The topological polar surface area (TPSA) is 37.0 Å². The summed E-state index contributed by atoms with van der Waals surface area (Å²) in [5.74, 6) is -1.02. The van der Waals surface area contributed by atoms with Crippen LogP contribution in [0.25, 0.3) is 0 Å². The van der Waals surface area contributed by atoms with Gasteiger partial charge in [-0.1, -0.05) is 17.7 Å². The lowest BCUT2D eigenvalue weighted by molar-refractivity contribution is -0.142. The number of hydrogen-bond acceptors (Lipinski definition) is 1. The number of hydrogen-bond donors (Lipinski definition) is 0. The maximum atomic E-state index is 10.4. The molecule has 13 heavy (non-hydrogen) atoms. The largest absolute Gasteiger partial charge is 0.359 e. The molecule has 1 rings (SSSR count). The number of carbonyl (C=O) groups is 1. The van der Waals surface area contributed by atoms with Crippen LogP contribution in [0.15, 0.2) is 12.1 Å². The van der Waals surface area contributed by atoms with E-state index in [9.17, 15) is 9.90 Å². The summed E-state index contributed by atoms with van der Waals surface area (Å²) in [5, 5.41) is 10.4. The highest BCUT2D eigenvalue weighted by molar-refractivity contribution is 5.71. The molecule has 0 aliphatic heterocycles. The molecule has 0 unspecified atom stereocenters. The molecule has 1 aromatic rings. The molecule has 1 radical (unpaired) electrons. The molecule has 0 aliphatic carbocycles. The van der Waals surface area contributed by atoms with E-state index in [1.54, 1.807) is 0 Å². The standard InChI is InChI=1S/C11H13O2/c1-7-4-8(2)10(6-11(12)13)9(3)5-7/h4-5H,6H2,1-3H3. The Kier molecular flexibility index (Phi) is 2.71. The van der Waals surface area contributed by atoms with E-state index in [0.717, 1.165) is 22.3 Å². The van der Waals surface area contributed by atoms with Crippen LogP contribution in [0.5, 0.6) is 0 Å². The van der Waals surface area contributed by atoms with E-state index in [0.29, 0.717) is 0 Å². The Morgan fingerprint density at radius 1 is 1.15 bits per heavy atom. The quantitative estimate of drug-likeness (QED) is 0.681. The van der Waals surface area contributed by atoms with E-state index < -0.39 is 5.97 Å². The Balaban J connectivity index is 3.13. The third-order valence-corrected chi connectivity index (χ3v) is 2.16. The van der Waals surface area contributed by atoms with Gasteiger partial charge in [0.2, 0.25) is 0 Å². The van der Waals surface area contributed by atoms with Crippen LogP contribution in [0.3, 0.4) is 0 Å². The maximum absolute atomic E-state index is 10.4. The third-order valence-electron chi connectivity index (χ3n) is 2.16. The molecule has 0 saturated carbocycles. The first kappa shape index (κ1) is 9.78. The van der Waals surface area contributed by atoms with Crippen LogP contribution >= 0.6 is 0 Å². The molecule has 0 amide bonds. The number of aryl methyl sites for hydroxylation is 3. The Morgan fingerprint density at radius 2 is 1.62 bits per heavy atom. The van der Waals surface area contributed by atoms with Crippen LogP contribution in [0.4, 0.5) is 0 Å². The lowest BCUT2D eigenvalue weighted by atomic mass is 9.97. The lowest BCUT2D eigenvalue weighted by Crippen LogP contribution is -2.03. The summed E-state index contributed by atoms with van der Waals surface area (Å²) in [6.07, 6.45) is 0.0119. The molecular weight excluding hydrogens is 164 g/mol. The van der Waals surface area contributed by atoms with E-state index in [-0.39, 0.29) is 6.42 Å². The molecule has 2 heteroatoms. The van der Waals surface area contributed by atoms with Crippen molar-refractivity contribution in [2.75, 3.05) is 0 Å². The normalized spacial score (nSPS) is 10.1. The molecule has 0 heterocycles. The van der Waals surface area contributed by atoms with Gasteiger partial charge in [-0.3, -0.25) is 0 Å². The Labute approximate surface area is 78.2 Å². The predicted octanol–water partition coefficient (Wildman–Crippen LogP) is 2.11. The zero-order valence-corrected chi connectivity index (χ0v) is 8.18. The Hall–Kier alpha value is -1.31. The molecule has 0 aromatic heterocycles. The van der Waals surface area contributed by atoms with Crippen LogP contribution in [-0.2, 0) is 16.3 Å². The molecule has 69 valence electrons. The van der Waals surface area contributed by atoms with Crippen LogP contribution < -0.4 is 0 Å². The van der Waals surface area contributed by atoms with E-state index in [2.05, 4.69) is 0 Å². The summed E-state index contributed by atoms with van der Waals surface area (Å²) >= 11 is 0. The second-order valence-corrected chi connectivity index (χ2v) is 3.43. The Bertz CT molecular complexity index is 317. The highest BCUT2D eigenvalue weighted by Gasteiger charge is 2.08. The fourth-order valence-corrected chi connectivity index (χ4v) is 1.63. The smallest absolute Gasteiger partial charge is 0.247 e. The third kappa shape index (κ3) is 2.31. The number of carbonyl (C=O) groups excluding carboxylic acids is 1. The van der Waals surface area contributed by atoms with Gasteiger partial charge in [0, 0.05) is 0 Å². The van der Waals surface area contributed by atoms with Crippen molar-refractivity contribution >= 4 is 5.97 Å². The minimum absolute atomic E-state index is 0.0119. The van der Waals surface area contributed by atoms with Gasteiger partial charge in [-0.15, -0.1) is 0 Å². The summed E-state index contributed by atoms with van der Waals surface area (Å²) in [5.41, 5.74) is 4.10. The molecule has 0 bridgehead atoms. The average molecular weight is 177 g/mol. The van der Waals surface area contributed by atoms with Crippen molar-refractivity contribution in [2.24, 2.45) is 0 Å². The second-order valence-electron chi connectivity index (χ2n) is 3.43. The zero-order chi connectivity index (χ0) is 10.0. The zero-order valence-electron chi connectivity index (χ0n) is 8.18. The summed E-state index contributed by atoms with van der Waals surface area (Å²) in [6, 6.07) is 3.98. The molecule has 2 nitrogen and oxygen atoms in total. The lowest BCUT2D eigenvalue weighted by Gasteiger charge is -2.07. The first-order chi connectivity index (χ1) is 6.00. The second kappa shape index (κ2) is 3.60. The van der Waals surface area contributed by atoms with Gasteiger partial charge in [-0.2, -0.15) is 0 Å². The SMILES string of the molecule is Cc1cc(C)c(CC([O])=O)c(C)c1. The van der Waals surface area contributed by atoms with Crippen molar-refractivity contribution in [1.29, 1.82) is 0 Å². The van der Waals surface area contributed by atoms with Crippen molar-refractivity contribution in [2.45, 2.75) is 27.2 Å². The average Bonchev–Trinajstić information content (AvgIpc) is 1.96. The van der Waals surface area contributed by atoms with Crippen LogP contribution in [-0.4, -0.2) is 5.97 Å².